The quantitative estimate of drug-likeness (QED) is 0.662. The summed E-state index contributed by atoms with van der Waals surface area (Å²) in [4.78, 5) is 21.0. The molecule has 0 aliphatic carbocycles. The van der Waals surface area contributed by atoms with Crippen LogP contribution >= 0.6 is 0 Å². The first-order chi connectivity index (χ1) is 15.2. The van der Waals surface area contributed by atoms with Crippen molar-refractivity contribution in [3.05, 3.63) is 47.3 Å². The van der Waals surface area contributed by atoms with Gasteiger partial charge in [0, 0.05) is 24.7 Å². The van der Waals surface area contributed by atoms with Gasteiger partial charge in [-0.25, -0.2) is 4.98 Å². The van der Waals surface area contributed by atoms with E-state index >= 15 is 0 Å². The monoisotopic (exact) mass is 432 g/mol. The maximum Gasteiger partial charge on any atom is 0.316 e. The first-order valence-electron chi connectivity index (χ1n) is 10.7. The van der Waals surface area contributed by atoms with Crippen molar-refractivity contribution in [1.82, 2.24) is 19.5 Å². The Morgan fingerprint density at radius 1 is 1.28 bits per heavy atom. The fraction of sp³-hybridized carbons (Fsp3) is 0.417. The highest BCUT2D eigenvalue weighted by atomic mass is 16.4. The van der Waals surface area contributed by atoms with Gasteiger partial charge in [0.05, 0.1) is 0 Å². The van der Waals surface area contributed by atoms with Crippen LogP contribution < -0.4 is 4.90 Å². The van der Waals surface area contributed by atoms with E-state index in [1.807, 2.05) is 37.3 Å². The second kappa shape index (κ2) is 7.92. The van der Waals surface area contributed by atoms with E-state index in [2.05, 4.69) is 40.0 Å². The molecule has 0 spiro atoms. The van der Waals surface area contributed by atoms with Crippen LogP contribution in [0.25, 0.3) is 16.8 Å². The van der Waals surface area contributed by atoms with E-state index in [1.165, 1.54) is 0 Å². The number of nitriles is 1. The predicted octanol–water partition coefficient (Wildman–Crippen LogP) is 3.08. The summed E-state index contributed by atoms with van der Waals surface area (Å²) in [5.74, 6) is 0.0324. The zero-order valence-electron chi connectivity index (χ0n) is 19.1. The molecular weight excluding hydrogens is 404 g/mol. The maximum absolute atomic E-state index is 11.9. The first-order valence-corrected chi connectivity index (χ1v) is 10.7. The number of rotatable bonds is 5. The van der Waals surface area contributed by atoms with Crippen molar-refractivity contribution in [2.24, 2.45) is 0 Å². The van der Waals surface area contributed by atoms with Crippen LogP contribution in [0.3, 0.4) is 0 Å². The molecule has 2 aromatic heterocycles. The van der Waals surface area contributed by atoms with Crippen molar-refractivity contribution in [2.45, 2.75) is 38.6 Å². The minimum absolute atomic E-state index is 0.190. The highest BCUT2D eigenvalue weighted by Crippen LogP contribution is 2.39. The Morgan fingerprint density at radius 3 is 2.53 bits per heavy atom. The van der Waals surface area contributed by atoms with Crippen molar-refractivity contribution in [3.63, 3.8) is 0 Å². The molecule has 0 bridgehead atoms. The van der Waals surface area contributed by atoms with Gasteiger partial charge in [-0.05, 0) is 52.4 Å². The average molecular weight is 433 g/mol. The lowest BCUT2D eigenvalue weighted by atomic mass is 9.93. The zero-order valence-corrected chi connectivity index (χ0v) is 19.1. The minimum Gasteiger partial charge on any atom is -0.481 e. The van der Waals surface area contributed by atoms with Crippen LogP contribution in [-0.2, 0) is 10.2 Å². The number of nitrogens with zero attached hydrogens (tertiary/aromatic N) is 6. The molecule has 1 atom stereocenters. The van der Waals surface area contributed by atoms with Crippen molar-refractivity contribution >= 4 is 17.4 Å². The van der Waals surface area contributed by atoms with Gasteiger partial charge >= 0.3 is 5.97 Å². The molecule has 4 rings (SSSR count). The largest absolute Gasteiger partial charge is 0.481 e. The minimum atomic E-state index is -1.28. The zero-order chi connectivity index (χ0) is 23.2. The lowest BCUT2D eigenvalue weighted by molar-refractivity contribution is -0.142. The van der Waals surface area contributed by atoms with Gasteiger partial charge in [-0.2, -0.15) is 9.78 Å². The second-order valence-electron chi connectivity index (χ2n) is 9.13. The molecule has 3 heterocycles. The molecule has 3 aromatic rings. The fourth-order valence-corrected chi connectivity index (χ4v) is 4.28. The summed E-state index contributed by atoms with van der Waals surface area (Å²) in [5, 5.41) is 24.4. The molecule has 1 N–H and O–H groups in total. The smallest absolute Gasteiger partial charge is 0.316 e. The number of likely N-dealkylation sites (N-methyl/N-ethyl adjacent to an activating group) is 1. The predicted molar refractivity (Wildman–Crippen MR) is 123 cm³/mol. The number of pyridine rings is 1. The van der Waals surface area contributed by atoms with Gasteiger partial charge in [0.15, 0.2) is 11.5 Å². The summed E-state index contributed by atoms with van der Waals surface area (Å²) >= 11 is 0. The third kappa shape index (κ3) is 3.39. The van der Waals surface area contributed by atoms with Gasteiger partial charge in [0.25, 0.3) is 0 Å². The van der Waals surface area contributed by atoms with Crippen LogP contribution in [0.1, 0.15) is 37.2 Å². The second-order valence-corrected chi connectivity index (χ2v) is 9.13. The standard InChI is InChI=1S/C24H28N6O2/c1-15-18(13-25)20-26-22(24(2,3)23(31)32)27-30(20)21(19(15)16-9-7-6-8-10-16)29-12-11-17(14-29)28(4)5/h6-10,17H,11-12,14H2,1-5H3,(H,31,32)/t17-/m0/s1. The molecule has 0 saturated carbocycles. The Balaban J connectivity index is 2.06. The summed E-state index contributed by atoms with van der Waals surface area (Å²) in [5.41, 5.74) is 2.27. The molecule has 0 unspecified atom stereocenters. The summed E-state index contributed by atoms with van der Waals surface area (Å²) in [7, 11) is 4.16. The van der Waals surface area contributed by atoms with E-state index in [1.54, 1.807) is 18.4 Å². The lowest BCUT2D eigenvalue weighted by Gasteiger charge is -2.26. The Labute approximate surface area is 187 Å². The van der Waals surface area contributed by atoms with E-state index in [-0.39, 0.29) is 5.82 Å². The average Bonchev–Trinajstić information content (AvgIpc) is 3.41. The Kier molecular flexibility index (Phi) is 5.39. The summed E-state index contributed by atoms with van der Waals surface area (Å²) < 4.78 is 1.69. The Morgan fingerprint density at radius 2 is 1.97 bits per heavy atom. The van der Waals surface area contributed by atoms with Gasteiger partial charge in [0.1, 0.15) is 22.9 Å². The normalized spacial score (nSPS) is 16.7. The summed E-state index contributed by atoms with van der Waals surface area (Å²) in [6, 6.07) is 12.6. The fourth-order valence-electron chi connectivity index (χ4n) is 4.28. The van der Waals surface area contributed by atoms with E-state index < -0.39 is 11.4 Å². The molecule has 0 radical (unpaired) electrons. The van der Waals surface area contributed by atoms with Crippen molar-refractivity contribution in [3.8, 4) is 17.2 Å². The number of benzene rings is 1. The van der Waals surface area contributed by atoms with Gasteiger partial charge < -0.3 is 14.9 Å². The van der Waals surface area contributed by atoms with Gasteiger partial charge in [-0.1, -0.05) is 30.3 Å². The van der Waals surface area contributed by atoms with E-state index in [4.69, 9.17) is 0 Å². The molecular formula is C24H28N6O2. The number of carboxylic acid groups (broad SMARTS) is 1. The number of hydrogen-bond acceptors (Lipinski definition) is 6. The van der Waals surface area contributed by atoms with E-state index in [0.29, 0.717) is 17.3 Å². The molecule has 1 aliphatic heterocycles. The molecule has 1 aromatic carbocycles. The molecule has 1 saturated heterocycles. The van der Waals surface area contributed by atoms with Crippen molar-refractivity contribution in [2.75, 3.05) is 32.1 Å². The highest BCUT2D eigenvalue weighted by Gasteiger charge is 2.37. The van der Waals surface area contributed by atoms with Crippen molar-refractivity contribution in [1.29, 1.82) is 5.26 Å². The number of anilines is 1. The molecule has 8 heteroatoms. The Hall–Kier alpha value is -3.44. The summed E-state index contributed by atoms with van der Waals surface area (Å²) in [6.45, 7) is 6.74. The summed E-state index contributed by atoms with van der Waals surface area (Å²) in [6.07, 6.45) is 1.00. The SMILES string of the molecule is Cc1c(-c2ccccc2)c(N2CC[C@H](N(C)C)C2)n2nc(C(C)(C)C(=O)O)nc2c1C#N. The molecule has 1 fully saturated rings. The van der Waals surface area contributed by atoms with E-state index in [0.717, 1.165) is 42.0 Å². The third-order valence-electron chi connectivity index (χ3n) is 6.47. The van der Waals surface area contributed by atoms with Crippen LogP contribution in [0.15, 0.2) is 30.3 Å². The Bertz CT molecular complexity index is 1220. The number of aromatic nitrogens is 3. The van der Waals surface area contributed by atoms with Crippen molar-refractivity contribution < 1.29 is 9.90 Å². The highest BCUT2D eigenvalue weighted by molar-refractivity contribution is 5.86. The third-order valence-corrected chi connectivity index (χ3v) is 6.47. The lowest BCUT2D eigenvalue weighted by Crippen LogP contribution is -2.32. The van der Waals surface area contributed by atoms with Crippen LogP contribution in [0.4, 0.5) is 5.82 Å². The van der Waals surface area contributed by atoms with Gasteiger partial charge in [0.2, 0.25) is 0 Å². The van der Waals surface area contributed by atoms with Gasteiger partial charge in [-0.3, -0.25) is 4.79 Å². The molecule has 166 valence electrons. The number of aliphatic carboxylic acids is 1. The molecule has 32 heavy (non-hydrogen) atoms. The van der Waals surface area contributed by atoms with Crippen LogP contribution in [0.2, 0.25) is 0 Å². The molecule has 1 aliphatic rings. The van der Waals surface area contributed by atoms with Crippen LogP contribution in [0.5, 0.6) is 0 Å². The topological polar surface area (TPSA) is 97.8 Å². The van der Waals surface area contributed by atoms with Gasteiger partial charge in [-0.15, -0.1) is 5.10 Å². The maximum atomic E-state index is 11.9. The molecule has 0 amide bonds. The number of fused-ring (bicyclic) bond motifs is 1. The number of carbonyl (C=O) groups is 1. The van der Waals surface area contributed by atoms with Crippen LogP contribution in [-0.4, -0.2) is 63.8 Å². The number of carboxylic acids is 1. The van der Waals surface area contributed by atoms with E-state index in [9.17, 15) is 15.2 Å². The first kappa shape index (κ1) is 21.8. The number of hydrogen-bond donors (Lipinski definition) is 1. The van der Waals surface area contributed by atoms with Crippen LogP contribution in [0, 0.1) is 18.3 Å². The molecule has 8 nitrogen and oxygen atoms in total.